The van der Waals surface area contributed by atoms with Crippen LogP contribution >= 0.6 is 23.1 Å². The average molecular weight is 392 g/mol. The molecule has 2 aromatic rings. The van der Waals surface area contributed by atoms with E-state index in [1.165, 1.54) is 6.07 Å². The van der Waals surface area contributed by atoms with Gasteiger partial charge in [-0.25, -0.2) is 0 Å². The lowest BCUT2D eigenvalue weighted by Gasteiger charge is -2.30. The number of thiazole rings is 1. The predicted molar refractivity (Wildman–Crippen MR) is 92.4 cm³/mol. The van der Waals surface area contributed by atoms with Crippen molar-refractivity contribution in [3.05, 3.63) is 44.4 Å². The number of aromatic amines is 1. The van der Waals surface area contributed by atoms with Crippen molar-refractivity contribution in [2.45, 2.75) is 16.2 Å². The van der Waals surface area contributed by atoms with Crippen LogP contribution in [-0.4, -0.2) is 49.7 Å². The van der Waals surface area contributed by atoms with Crippen molar-refractivity contribution < 1.29 is 24.6 Å². The molecule has 26 heavy (non-hydrogen) atoms. The molecule has 134 valence electrons. The lowest BCUT2D eigenvalue weighted by atomic mass is 9.82. The van der Waals surface area contributed by atoms with Gasteiger partial charge in [-0.15, -0.1) is 0 Å². The Bertz CT molecular complexity index is 997. The van der Waals surface area contributed by atoms with Gasteiger partial charge in [-0.2, -0.15) is 0 Å². The number of nitrogens with zero attached hydrogens (tertiary/aromatic N) is 1. The molecule has 2 aliphatic rings. The normalized spacial score (nSPS) is 24.5. The van der Waals surface area contributed by atoms with Gasteiger partial charge in [-0.05, 0) is 6.07 Å². The van der Waals surface area contributed by atoms with E-state index >= 15 is 0 Å². The number of phenolic OH excluding ortho intramolecular Hbond substituents is 1. The number of aromatic hydroxyl groups is 1. The van der Waals surface area contributed by atoms with E-state index in [1.807, 2.05) is 0 Å². The minimum atomic E-state index is -1.28. The number of fused-ring (bicyclic) bond motifs is 2. The quantitative estimate of drug-likeness (QED) is 0.660. The third kappa shape index (κ3) is 2.44. The maximum Gasteiger partial charge on any atom is 0.323 e. The van der Waals surface area contributed by atoms with Crippen molar-refractivity contribution in [3.8, 4) is 5.75 Å². The molecule has 2 aliphatic heterocycles. The standard InChI is InChI=1S/C16H12N2O6S2/c19-7-4-2-1-3-6(7)9-10-12(25-13-11(9)26-16(24)17-13)15(23)18(14(10)22)5-8(20)21/h1-4,9-10,12,19H,5H2,(H,17,24)(H,20,21)/t9-,10+,12-/m0/s1. The number of H-pyrrole nitrogens is 1. The van der Waals surface area contributed by atoms with Crippen molar-refractivity contribution in [1.29, 1.82) is 0 Å². The number of imide groups is 1. The topological polar surface area (TPSA) is 128 Å². The SMILES string of the molecule is O=C(O)CN1C(=O)[C@@H]2[C@H](c3ccccc3O)c3sc(=O)[nH]c3S[C@@H]2C1=O. The number of aromatic nitrogens is 1. The fourth-order valence-corrected chi connectivity index (χ4v) is 5.98. The molecule has 0 radical (unpaired) electrons. The minimum Gasteiger partial charge on any atom is -0.508 e. The lowest BCUT2D eigenvalue weighted by Crippen LogP contribution is -2.36. The molecule has 1 aromatic carbocycles. The fourth-order valence-electron chi connectivity index (χ4n) is 3.45. The van der Waals surface area contributed by atoms with E-state index in [-0.39, 0.29) is 10.6 Å². The third-order valence-electron chi connectivity index (χ3n) is 4.48. The second kappa shape index (κ2) is 5.99. The summed E-state index contributed by atoms with van der Waals surface area (Å²) in [5, 5.41) is 18.9. The molecule has 1 fully saturated rings. The van der Waals surface area contributed by atoms with E-state index in [1.54, 1.807) is 18.2 Å². The zero-order chi connectivity index (χ0) is 18.6. The summed E-state index contributed by atoms with van der Waals surface area (Å²) in [6, 6.07) is 6.43. The first-order chi connectivity index (χ1) is 12.4. The van der Waals surface area contributed by atoms with Gasteiger partial charge >= 0.3 is 10.8 Å². The number of hydrogen-bond donors (Lipinski definition) is 3. The van der Waals surface area contributed by atoms with Crippen LogP contribution in [0.4, 0.5) is 0 Å². The van der Waals surface area contributed by atoms with E-state index in [2.05, 4.69) is 4.98 Å². The van der Waals surface area contributed by atoms with Gasteiger partial charge in [0, 0.05) is 16.4 Å². The Hall–Kier alpha value is -2.59. The molecule has 1 saturated heterocycles. The van der Waals surface area contributed by atoms with Crippen LogP contribution in [0.5, 0.6) is 5.75 Å². The van der Waals surface area contributed by atoms with Crippen LogP contribution in [0.25, 0.3) is 0 Å². The number of thioether (sulfide) groups is 1. The summed E-state index contributed by atoms with van der Waals surface area (Å²) < 4.78 is 0. The van der Waals surface area contributed by atoms with E-state index in [9.17, 15) is 24.3 Å². The van der Waals surface area contributed by atoms with Crippen molar-refractivity contribution in [3.63, 3.8) is 0 Å². The highest BCUT2D eigenvalue weighted by Gasteiger charge is 2.56. The monoisotopic (exact) mass is 392 g/mol. The summed E-state index contributed by atoms with van der Waals surface area (Å²) >= 11 is 1.99. The zero-order valence-corrected chi connectivity index (χ0v) is 14.7. The first-order valence-electron chi connectivity index (χ1n) is 7.63. The first-order valence-corrected chi connectivity index (χ1v) is 9.32. The lowest BCUT2D eigenvalue weighted by molar-refractivity contribution is -0.149. The molecule has 0 spiro atoms. The smallest absolute Gasteiger partial charge is 0.323 e. The number of para-hydroxylation sites is 1. The van der Waals surface area contributed by atoms with Gasteiger partial charge in [0.15, 0.2) is 0 Å². The average Bonchev–Trinajstić information content (AvgIpc) is 3.06. The highest BCUT2D eigenvalue weighted by Crippen LogP contribution is 2.53. The Morgan fingerprint density at radius 1 is 1.19 bits per heavy atom. The Morgan fingerprint density at radius 3 is 2.62 bits per heavy atom. The number of nitrogens with one attached hydrogen (secondary N) is 1. The van der Waals surface area contributed by atoms with Crippen LogP contribution in [0.2, 0.25) is 0 Å². The largest absolute Gasteiger partial charge is 0.508 e. The molecular formula is C16H12N2O6S2. The highest BCUT2D eigenvalue weighted by molar-refractivity contribution is 8.00. The van der Waals surface area contributed by atoms with Gasteiger partial charge in [-0.1, -0.05) is 41.3 Å². The van der Waals surface area contributed by atoms with Crippen molar-refractivity contribution >= 4 is 40.9 Å². The van der Waals surface area contributed by atoms with Gasteiger partial charge < -0.3 is 15.2 Å². The number of carbonyl (C=O) groups is 3. The maximum absolute atomic E-state index is 12.9. The molecule has 3 heterocycles. The molecule has 3 N–H and O–H groups in total. The van der Waals surface area contributed by atoms with Crippen molar-refractivity contribution in [2.75, 3.05) is 6.54 Å². The molecular weight excluding hydrogens is 380 g/mol. The first kappa shape index (κ1) is 16.9. The Morgan fingerprint density at radius 2 is 1.92 bits per heavy atom. The molecule has 2 amide bonds. The zero-order valence-electron chi connectivity index (χ0n) is 13.0. The number of hydrogen-bond acceptors (Lipinski definition) is 7. The molecule has 4 rings (SSSR count). The summed E-state index contributed by atoms with van der Waals surface area (Å²) in [7, 11) is 0. The summed E-state index contributed by atoms with van der Waals surface area (Å²) in [6.07, 6.45) is 0. The Kier molecular flexibility index (Phi) is 3.88. The summed E-state index contributed by atoms with van der Waals surface area (Å²) in [4.78, 5) is 52.0. The second-order valence-electron chi connectivity index (χ2n) is 5.96. The van der Waals surface area contributed by atoms with Crippen molar-refractivity contribution in [2.24, 2.45) is 5.92 Å². The van der Waals surface area contributed by atoms with Gasteiger partial charge in [-0.3, -0.25) is 24.1 Å². The van der Waals surface area contributed by atoms with Gasteiger partial charge in [0.05, 0.1) is 10.9 Å². The molecule has 0 aliphatic carbocycles. The number of aliphatic carboxylic acids is 1. The minimum absolute atomic E-state index is 0.0492. The predicted octanol–water partition coefficient (Wildman–Crippen LogP) is 0.818. The van der Waals surface area contributed by atoms with Crippen LogP contribution in [0, 0.1) is 5.92 Å². The molecule has 10 heteroatoms. The summed E-state index contributed by atoms with van der Waals surface area (Å²) in [6.45, 7) is -0.705. The number of carboxylic acids is 1. The summed E-state index contributed by atoms with van der Waals surface area (Å²) in [5.41, 5.74) is 0.428. The molecule has 3 atom stereocenters. The number of benzene rings is 1. The number of phenols is 1. The number of carboxylic acid groups (broad SMARTS) is 1. The Labute approximate surface area is 154 Å². The van der Waals surface area contributed by atoms with Crippen LogP contribution in [0.3, 0.4) is 0 Å². The van der Waals surface area contributed by atoms with Crippen LogP contribution in [0.15, 0.2) is 34.1 Å². The third-order valence-corrected chi connectivity index (χ3v) is 6.88. The number of rotatable bonds is 3. The number of amides is 2. The van der Waals surface area contributed by atoms with Gasteiger partial charge in [0.2, 0.25) is 11.8 Å². The van der Waals surface area contributed by atoms with Crippen LogP contribution in [0.1, 0.15) is 16.4 Å². The molecule has 0 saturated carbocycles. The van der Waals surface area contributed by atoms with E-state index in [4.69, 9.17) is 5.11 Å². The fraction of sp³-hybridized carbons (Fsp3) is 0.250. The molecule has 8 nitrogen and oxygen atoms in total. The van der Waals surface area contributed by atoms with Crippen molar-refractivity contribution in [1.82, 2.24) is 9.88 Å². The highest BCUT2D eigenvalue weighted by atomic mass is 32.2. The molecule has 0 bridgehead atoms. The van der Waals surface area contributed by atoms with Gasteiger partial charge in [0.1, 0.15) is 17.5 Å². The maximum atomic E-state index is 12.9. The Balaban J connectivity index is 1.88. The molecule has 0 unspecified atom stereocenters. The number of carbonyl (C=O) groups excluding carboxylic acids is 2. The second-order valence-corrected chi connectivity index (χ2v) is 8.13. The van der Waals surface area contributed by atoms with Crippen LogP contribution < -0.4 is 4.87 Å². The summed E-state index contributed by atoms with van der Waals surface area (Å²) in [5.74, 6) is -4.10. The van der Waals surface area contributed by atoms with E-state index < -0.39 is 41.4 Å². The van der Waals surface area contributed by atoms with Crippen LogP contribution in [-0.2, 0) is 14.4 Å². The van der Waals surface area contributed by atoms with Gasteiger partial charge in [0.25, 0.3) is 0 Å². The number of likely N-dealkylation sites (tertiary alicyclic amines) is 1. The van der Waals surface area contributed by atoms with E-state index in [0.29, 0.717) is 15.5 Å². The van der Waals surface area contributed by atoms with E-state index in [0.717, 1.165) is 28.0 Å². The molecule has 1 aromatic heterocycles.